The predicted octanol–water partition coefficient (Wildman–Crippen LogP) is 5.37. The molecular weight excluding hydrogens is 486 g/mol. The van der Waals surface area contributed by atoms with Gasteiger partial charge in [0.1, 0.15) is 0 Å². The van der Waals surface area contributed by atoms with Crippen LogP contribution in [0, 0.1) is 23.3 Å². The fourth-order valence-corrected chi connectivity index (χ4v) is 4.88. The summed E-state index contributed by atoms with van der Waals surface area (Å²) in [4.78, 5) is 18.7. The van der Waals surface area contributed by atoms with Gasteiger partial charge >= 0.3 is 0 Å². The number of methoxy groups -OCH3 is 1. The third-order valence-electron chi connectivity index (χ3n) is 7.05. The van der Waals surface area contributed by atoms with Gasteiger partial charge in [-0.2, -0.15) is 4.39 Å². The van der Waals surface area contributed by atoms with Crippen molar-refractivity contribution in [3.8, 4) is 17.4 Å². The first kappa shape index (κ1) is 23.3. The second kappa shape index (κ2) is 9.10. The maximum Gasteiger partial charge on any atom is 0.200 e. The van der Waals surface area contributed by atoms with Crippen LogP contribution in [-0.4, -0.2) is 40.1 Å². The van der Waals surface area contributed by atoms with Crippen LogP contribution < -0.4 is 9.64 Å². The maximum absolute atomic E-state index is 14.7. The van der Waals surface area contributed by atoms with Crippen LogP contribution in [0.1, 0.15) is 40.9 Å². The molecule has 2 aromatic carbocycles. The van der Waals surface area contributed by atoms with E-state index in [1.54, 1.807) is 41.8 Å². The molecule has 2 aliphatic rings. The highest BCUT2D eigenvalue weighted by molar-refractivity contribution is 5.56. The number of ether oxygens (including phenoxy) is 1. The number of benzene rings is 2. The van der Waals surface area contributed by atoms with E-state index in [4.69, 9.17) is 4.74 Å². The topological polar surface area (TPSA) is 64.0 Å². The first-order chi connectivity index (χ1) is 17.9. The van der Waals surface area contributed by atoms with Crippen molar-refractivity contribution >= 4 is 5.69 Å². The lowest BCUT2D eigenvalue weighted by atomic mass is 9.90. The number of halogens is 4. The Bertz CT molecular complexity index is 1460. The summed E-state index contributed by atoms with van der Waals surface area (Å²) in [7, 11) is 1.27. The molecule has 1 aliphatic heterocycles. The Morgan fingerprint density at radius 1 is 0.757 bits per heavy atom. The highest BCUT2D eigenvalue weighted by Crippen LogP contribution is 2.55. The zero-order valence-corrected chi connectivity index (χ0v) is 19.7. The van der Waals surface area contributed by atoms with Crippen molar-refractivity contribution in [2.75, 3.05) is 25.1 Å². The molecule has 6 nitrogen and oxygen atoms in total. The SMILES string of the molecule is COc1cc(C2CN(c3cc(C4CC4c4cnc(-c5ncccn5)nc4)cc(F)c3F)C2)cc(F)c1F. The highest BCUT2D eigenvalue weighted by atomic mass is 19.2. The van der Waals surface area contributed by atoms with E-state index < -0.39 is 23.3 Å². The number of nitrogens with zero attached hydrogens (tertiary/aromatic N) is 5. The maximum atomic E-state index is 14.7. The van der Waals surface area contributed by atoms with E-state index in [0.717, 1.165) is 18.1 Å². The van der Waals surface area contributed by atoms with E-state index >= 15 is 0 Å². The van der Waals surface area contributed by atoms with Crippen LogP contribution >= 0.6 is 0 Å². The van der Waals surface area contributed by atoms with E-state index in [1.807, 2.05) is 0 Å². The fraction of sp³-hybridized carbons (Fsp3) is 0.259. The number of hydrogen-bond donors (Lipinski definition) is 0. The highest BCUT2D eigenvalue weighted by Gasteiger charge is 2.41. The van der Waals surface area contributed by atoms with Crippen LogP contribution in [0.3, 0.4) is 0 Å². The van der Waals surface area contributed by atoms with Crippen LogP contribution in [0.25, 0.3) is 11.6 Å². The van der Waals surface area contributed by atoms with Gasteiger partial charge in [-0.15, -0.1) is 0 Å². The van der Waals surface area contributed by atoms with Gasteiger partial charge in [0.25, 0.3) is 0 Å². The van der Waals surface area contributed by atoms with Crippen molar-refractivity contribution in [3.05, 3.63) is 95.1 Å². The van der Waals surface area contributed by atoms with Crippen LogP contribution in [-0.2, 0) is 0 Å². The summed E-state index contributed by atoms with van der Waals surface area (Å²) in [6, 6.07) is 7.20. The molecule has 2 unspecified atom stereocenters. The zero-order valence-electron chi connectivity index (χ0n) is 19.7. The van der Waals surface area contributed by atoms with Gasteiger partial charge in [-0.3, -0.25) is 0 Å². The molecule has 6 rings (SSSR count). The van der Waals surface area contributed by atoms with Crippen LogP contribution in [0.2, 0.25) is 0 Å². The van der Waals surface area contributed by atoms with Crippen molar-refractivity contribution < 1.29 is 22.3 Å². The van der Waals surface area contributed by atoms with Crippen molar-refractivity contribution in [3.63, 3.8) is 0 Å². The normalized spacial score (nSPS) is 19.0. The summed E-state index contributed by atoms with van der Waals surface area (Å²) in [5.41, 5.74) is 2.33. The Balaban J connectivity index is 1.17. The van der Waals surface area contributed by atoms with E-state index in [2.05, 4.69) is 19.9 Å². The zero-order chi connectivity index (χ0) is 25.7. The van der Waals surface area contributed by atoms with E-state index in [0.29, 0.717) is 35.9 Å². The van der Waals surface area contributed by atoms with Crippen molar-refractivity contribution in [2.45, 2.75) is 24.2 Å². The summed E-state index contributed by atoms with van der Waals surface area (Å²) in [6.45, 7) is 0.692. The Labute approximate surface area is 210 Å². The average Bonchev–Trinajstić information content (AvgIpc) is 3.69. The largest absolute Gasteiger partial charge is 0.494 e. The predicted molar refractivity (Wildman–Crippen MR) is 127 cm³/mol. The Morgan fingerprint density at radius 2 is 1.38 bits per heavy atom. The van der Waals surface area contributed by atoms with Crippen molar-refractivity contribution in [2.24, 2.45) is 0 Å². The molecule has 0 amide bonds. The van der Waals surface area contributed by atoms with E-state index in [-0.39, 0.29) is 29.2 Å². The molecule has 2 aromatic heterocycles. The molecule has 10 heteroatoms. The molecule has 37 heavy (non-hydrogen) atoms. The molecular formula is C27H21F4N5O. The minimum Gasteiger partial charge on any atom is -0.494 e. The molecule has 1 aliphatic carbocycles. The molecule has 0 bridgehead atoms. The molecule has 0 spiro atoms. The third-order valence-corrected chi connectivity index (χ3v) is 7.05. The van der Waals surface area contributed by atoms with Crippen LogP contribution in [0.5, 0.6) is 5.75 Å². The number of anilines is 1. The monoisotopic (exact) mass is 507 g/mol. The molecule has 3 heterocycles. The van der Waals surface area contributed by atoms with Gasteiger partial charge in [-0.1, -0.05) is 0 Å². The first-order valence-electron chi connectivity index (χ1n) is 11.8. The smallest absolute Gasteiger partial charge is 0.200 e. The summed E-state index contributed by atoms with van der Waals surface area (Å²) in [6.07, 6.45) is 7.45. The number of hydrogen-bond acceptors (Lipinski definition) is 6. The lowest BCUT2D eigenvalue weighted by Gasteiger charge is -2.41. The molecule has 4 aromatic rings. The molecule has 1 saturated carbocycles. The summed E-state index contributed by atoms with van der Waals surface area (Å²) < 4.78 is 61.9. The molecule has 188 valence electrons. The quantitative estimate of drug-likeness (QED) is 0.327. The van der Waals surface area contributed by atoms with Gasteiger partial charge in [0, 0.05) is 43.8 Å². The summed E-state index contributed by atoms with van der Waals surface area (Å²) in [5, 5.41) is 0. The van der Waals surface area contributed by atoms with Crippen LogP contribution in [0.15, 0.2) is 55.1 Å². The minimum atomic E-state index is -1.05. The number of rotatable bonds is 6. The lowest BCUT2D eigenvalue weighted by molar-refractivity contribution is 0.369. The molecule has 0 radical (unpaired) electrons. The third kappa shape index (κ3) is 4.26. The molecule has 2 fully saturated rings. The second-order valence-corrected chi connectivity index (χ2v) is 9.32. The van der Waals surface area contributed by atoms with Gasteiger partial charge < -0.3 is 9.64 Å². The Morgan fingerprint density at radius 3 is 2.08 bits per heavy atom. The molecule has 1 saturated heterocycles. The standard InChI is InChI=1S/C27H21F4N5O/c1-37-23-8-14(5-21(29)25(23)31)17-12-36(13-17)22-7-15(6-20(28)24(22)30)18-9-19(18)16-10-34-27(35-11-16)26-32-3-2-4-33-26/h2-8,10-11,17-19H,9,12-13H2,1H3. The van der Waals surface area contributed by atoms with Crippen molar-refractivity contribution in [1.29, 1.82) is 0 Å². The van der Waals surface area contributed by atoms with Crippen molar-refractivity contribution in [1.82, 2.24) is 19.9 Å². The van der Waals surface area contributed by atoms with Gasteiger partial charge in [0.15, 0.2) is 34.8 Å². The van der Waals surface area contributed by atoms with Gasteiger partial charge in [0.2, 0.25) is 5.82 Å². The molecule has 0 N–H and O–H groups in total. The lowest BCUT2D eigenvalue weighted by Crippen LogP contribution is -2.45. The van der Waals surface area contributed by atoms with E-state index in [9.17, 15) is 17.6 Å². The number of aromatic nitrogens is 4. The van der Waals surface area contributed by atoms with Gasteiger partial charge in [-0.25, -0.2) is 33.1 Å². The Kier molecular flexibility index (Phi) is 5.73. The average molecular weight is 507 g/mol. The van der Waals surface area contributed by atoms with Gasteiger partial charge in [-0.05, 0) is 65.3 Å². The Hall–Kier alpha value is -4.08. The fourth-order valence-electron chi connectivity index (χ4n) is 4.88. The van der Waals surface area contributed by atoms with E-state index in [1.165, 1.54) is 19.2 Å². The minimum absolute atomic E-state index is 0.0174. The van der Waals surface area contributed by atoms with Gasteiger partial charge in [0.05, 0.1) is 12.8 Å². The second-order valence-electron chi connectivity index (χ2n) is 9.32. The summed E-state index contributed by atoms with van der Waals surface area (Å²) >= 11 is 0. The first-order valence-corrected chi connectivity index (χ1v) is 11.8. The summed E-state index contributed by atoms with van der Waals surface area (Å²) in [5.74, 6) is -3.25. The van der Waals surface area contributed by atoms with Crippen LogP contribution in [0.4, 0.5) is 23.2 Å². The molecule has 2 atom stereocenters.